The fourth-order valence-corrected chi connectivity index (χ4v) is 3.82. The molecule has 0 saturated heterocycles. The van der Waals surface area contributed by atoms with Crippen LogP contribution in [0.1, 0.15) is 11.1 Å². The zero-order valence-electron chi connectivity index (χ0n) is 15.2. The smallest absolute Gasteiger partial charge is 0.206 e. The lowest BCUT2D eigenvalue weighted by atomic mass is 10.2. The van der Waals surface area contributed by atoms with E-state index in [4.69, 9.17) is 28.2 Å². The van der Waals surface area contributed by atoms with Gasteiger partial charge in [-0.2, -0.15) is 5.10 Å². The summed E-state index contributed by atoms with van der Waals surface area (Å²) in [6.07, 6.45) is 5.26. The van der Waals surface area contributed by atoms with Crippen LogP contribution in [0.2, 0.25) is 10.0 Å². The van der Waals surface area contributed by atoms with Gasteiger partial charge in [-0.1, -0.05) is 59.6 Å². The van der Waals surface area contributed by atoms with Crippen LogP contribution in [0.4, 0.5) is 0 Å². The molecule has 2 aromatic heterocycles. The lowest BCUT2D eigenvalue weighted by Gasteiger charge is -2.05. The Hall–Kier alpha value is -2.73. The summed E-state index contributed by atoms with van der Waals surface area (Å²) >= 11 is 13.8. The van der Waals surface area contributed by atoms with E-state index >= 15 is 0 Å². The van der Waals surface area contributed by atoms with Crippen LogP contribution in [0.3, 0.4) is 0 Å². The van der Waals surface area contributed by atoms with E-state index in [2.05, 4.69) is 22.2 Å². The van der Waals surface area contributed by atoms with Crippen LogP contribution < -0.4 is 4.80 Å². The van der Waals surface area contributed by atoms with E-state index in [0.29, 0.717) is 16.6 Å². The maximum Gasteiger partial charge on any atom is 0.206 e. The summed E-state index contributed by atoms with van der Waals surface area (Å²) in [6.45, 7) is 0.576. The fraction of sp³-hybridized carbons (Fsp3) is 0.0455. The third-order valence-electron chi connectivity index (χ3n) is 4.17. The van der Waals surface area contributed by atoms with E-state index in [1.807, 2.05) is 52.5 Å². The lowest BCUT2D eigenvalue weighted by molar-refractivity contribution is 0.824. The van der Waals surface area contributed by atoms with Crippen molar-refractivity contribution in [3.63, 3.8) is 0 Å². The maximum absolute atomic E-state index is 6.23. The Labute approximate surface area is 182 Å². The van der Waals surface area contributed by atoms with Crippen molar-refractivity contribution in [2.75, 3.05) is 0 Å². The van der Waals surface area contributed by atoms with Crippen molar-refractivity contribution in [2.24, 2.45) is 10.1 Å². The van der Waals surface area contributed by atoms with E-state index in [9.17, 15) is 0 Å². The molecule has 0 bridgehead atoms. The van der Waals surface area contributed by atoms with Gasteiger partial charge in [0.1, 0.15) is 0 Å². The van der Waals surface area contributed by atoms with Gasteiger partial charge in [0.05, 0.1) is 28.5 Å². The Balaban J connectivity index is 1.77. The second-order valence-corrected chi connectivity index (χ2v) is 7.82. The lowest BCUT2D eigenvalue weighted by Crippen LogP contribution is -2.12. The molecule has 2 aromatic carbocycles. The predicted molar refractivity (Wildman–Crippen MR) is 121 cm³/mol. The molecule has 4 rings (SSSR count). The summed E-state index contributed by atoms with van der Waals surface area (Å²) < 4.78 is 1.83. The number of pyridine rings is 1. The molecule has 0 fully saturated rings. The molecule has 0 unspecified atom stereocenters. The predicted octanol–water partition coefficient (Wildman–Crippen LogP) is 5.90. The summed E-state index contributed by atoms with van der Waals surface area (Å²) in [5.74, 6) is 0. The molecule has 0 amide bonds. The molecule has 2 heterocycles. The molecule has 0 aliphatic rings. The summed E-state index contributed by atoms with van der Waals surface area (Å²) in [6, 6.07) is 19.5. The van der Waals surface area contributed by atoms with E-state index < -0.39 is 0 Å². The van der Waals surface area contributed by atoms with Crippen LogP contribution in [-0.4, -0.2) is 15.9 Å². The van der Waals surface area contributed by atoms with Crippen LogP contribution in [0.15, 0.2) is 88.5 Å². The minimum Gasteiger partial charge on any atom is -0.265 e. The standard InChI is InChI=1S/C22H16Cl2N4S/c23-19-7-6-18(12-20(19)24)21-15-29-22(26-13-16-4-2-1-3-5-16)28(21)27-14-17-8-10-25-11-9-17/h1-12,14-15H,13H2. The van der Waals surface area contributed by atoms with Gasteiger partial charge < -0.3 is 0 Å². The number of aromatic nitrogens is 2. The average molecular weight is 439 g/mol. The molecule has 0 aliphatic carbocycles. The number of thiazole rings is 1. The summed E-state index contributed by atoms with van der Waals surface area (Å²) in [7, 11) is 0. The molecular weight excluding hydrogens is 423 g/mol. The molecule has 0 N–H and O–H groups in total. The zero-order valence-corrected chi connectivity index (χ0v) is 17.6. The highest BCUT2D eigenvalue weighted by atomic mass is 35.5. The van der Waals surface area contributed by atoms with Crippen molar-refractivity contribution in [3.05, 3.63) is 104 Å². The number of rotatable bonds is 5. The van der Waals surface area contributed by atoms with Gasteiger partial charge >= 0.3 is 0 Å². The summed E-state index contributed by atoms with van der Waals surface area (Å²) in [5.41, 5.74) is 3.91. The number of benzene rings is 2. The SMILES string of the molecule is Clc1ccc(-c2csc(=NCc3ccccc3)n2N=Cc2ccncc2)cc1Cl. The second kappa shape index (κ2) is 9.18. The van der Waals surface area contributed by atoms with Gasteiger partial charge in [0, 0.05) is 23.3 Å². The van der Waals surface area contributed by atoms with Gasteiger partial charge in [-0.25, -0.2) is 4.68 Å². The second-order valence-electron chi connectivity index (χ2n) is 6.17. The van der Waals surface area contributed by atoms with Gasteiger partial charge in [-0.05, 0) is 35.4 Å². The Bertz CT molecular complexity index is 1200. The normalized spacial score (nSPS) is 12.0. The Morgan fingerprint density at radius 3 is 2.52 bits per heavy atom. The molecule has 4 nitrogen and oxygen atoms in total. The van der Waals surface area contributed by atoms with Crippen LogP contribution in [0, 0.1) is 0 Å². The average Bonchev–Trinajstić information content (AvgIpc) is 3.17. The number of hydrogen-bond donors (Lipinski definition) is 0. The topological polar surface area (TPSA) is 42.5 Å². The van der Waals surface area contributed by atoms with Crippen molar-refractivity contribution in [1.29, 1.82) is 0 Å². The molecule has 0 radical (unpaired) electrons. The van der Waals surface area contributed by atoms with E-state index in [-0.39, 0.29) is 0 Å². The first-order valence-electron chi connectivity index (χ1n) is 8.85. The van der Waals surface area contributed by atoms with Gasteiger partial charge in [0.25, 0.3) is 0 Å². The molecule has 4 aromatic rings. The van der Waals surface area contributed by atoms with E-state index in [1.165, 1.54) is 11.3 Å². The van der Waals surface area contributed by atoms with Crippen LogP contribution >= 0.6 is 34.5 Å². The zero-order chi connectivity index (χ0) is 20.1. The first-order valence-corrected chi connectivity index (χ1v) is 10.5. The van der Waals surface area contributed by atoms with Gasteiger partial charge in [0.2, 0.25) is 4.80 Å². The van der Waals surface area contributed by atoms with Crippen molar-refractivity contribution in [3.8, 4) is 11.3 Å². The largest absolute Gasteiger partial charge is 0.265 e. The molecule has 0 saturated carbocycles. The molecule has 29 heavy (non-hydrogen) atoms. The van der Waals surface area contributed by atoms with Crippen molar-refractivity contribution in [2.45, 2.75) is 6.54 Å². The number of nitrogens with zero attached hydrogens (tertiary/aromatic N) is 4. The highest BCUT2D eigenvalue weighted by Crippen LogP contribution is 2.28. The van der Waals surface area contributed by atoms with E-state index in [1.54, 1.807) is 24.7 Å². The summed E-state index contributed by atoms with van der Waals surface area (Å²) in [5, 5.41) is 7.73. The van der Waals surface area contributed by atoms with Crippen LogP contribution in [-0.2, 0) is 6.54 Å². The third kappa shape index (κ3) is 4.82. The highest BCUT2D eigenvalue weighted by Gasteiger charge is 2.09. The van der Waals surface area contributed by atoms with Gasteiger partial charge in [-0.15, -0.1) is 11.3 Å². The van der Waals surface area contributed by atoms with Gasteiger partial charge in [-0.3, -0.25) is 9.98 Å². The minimum atomic E-state index is 0.503. The van der Waals surface area contributed by atoms with Crippen LogP contribution in [0.25, 0.3) is 11.3 Å². The Morgan fingerprint density at radius 2 is 1.76 bits per heavy atom. The minimum absolute atomic E-state index is 0.503. The quantitative estimate of drug-likeness (QED) is 0.357. The third-order valence-corrected chi connectivity index (χ3v) is 5.76. The van der Waals surface area contributed by atoms with E-state index in [0.717, 1.165) is 27.2 Å². The van der Waals surface area contributed by atoms with Crippen molar-refractivity contribution in [1.82, 2.24) is 9.66 Å². The molecule has 0 aliphatic heterocycles. The van der Waals surface area contributed by atoms with Gasteiger partial charge in [0.15, 0.2) is 0 Å². The Morgan fingerprint density at radius 1 is 0.966 bits per heavy atom. The molecule has 7 heteroatoms. The molecule has 0 spiro atoms. The van der Waals surface area contributed by atoms with Crippen LogP contribution in [0.5, 0.6) is 0 Å². The molecular formula is C22H16Cl2N4S. The Kier molecular flexibility index (Phi) is 6.20. The first kappa shape index (κ1) is 19.6. The monoisotopic (exact) mass is 438 g/mol. The van der Waals surface area contributed by atoms with Crippen molar-refractivity contribution < 1.29 is 0 Å². The number of halogens is 2. The number of hydrogen-bond acceptors (Lipinski definition) is 4. The highest BCUT2D eigenvalue weighted by molar-refractivity contribution is 7.07. The summed E-state index contributed by atoms with van der Waals surface area (Å²) in [4.78, 5) is 9.61. The first-order chi connectivity index (χ1) is 14.2. The molecule has 0 atom stereocenters. The fourth-order valence-electron chi connectivity index (χ4n) is 2.69. The maximum atomic E-state index is 6.23. The van der Waals surface area contributed by atoms with Crippen molar-refractivity contribution >= 4 is 40.8 Å². The molecule has 144 valence electrons.